The molecule has 0 fully saturated rings. The fraction of sp³-hybridized carbons (Fsp3) is 0.300. The molecule has 1 aromatic carbocycles. The van der Waals surface area contributed by atoms with Crippen LogP contribution in [0.4, 0.5) is 5.69 Å². The topological polar surface area (TPSA) is 12.4 Å². The van der Waals surface area contributed by atoms with Crippen molar-refractivity contribution in [3.8, 4) is 0 Å². The van der Waals surface area contributed by atoms with E-state index in [0.29, 0.717) is 0 Å². The van der Waals surface area contributed by atoms with Gasteiger partial charge in [-0.1, -0.05) is 18.2 Å². The van der Waals surface area contributed by atoms with Crippen LogP contribution in [0.1, 0.15) is 5.56 Å². The molecule has 0 aliphatic heterocycles. The van der Waals surface area contributed by atoms with Crippen molar-refractivity contribution in [1.82, 2.24) is 0 Å². The van der Waals surface area contributed by atoms with Crippen LogP contribution < -0.4 is 0 Å². The molecule has 0 N–H and O–H groups in total. The van der Waals surface area contributed by atoms with E-state index in [1.54, 1.807) is 23.5 Å². The number of benzene rings is 1. The van der Waals surface area contributed by atoms with Crippen molar-refractivity contribution in [2.24, 2.45) is 4.99 Å². The summed E-state index contributed by atoms with van der Waals surface area (Å²) in [5.74, 6) is 0. The molecule has 0 unspecified atom stereocenters. The standard InChI is InChI=1S/C10H13NS2/c1-8-6-4-5-7-9(8)11-10(12-2)13-3/h4-7H,1-3H3. The molecule has 1 aromatic rings. The molecule has 70 valence electrons. The van der Waals surface area contributed by atoms with Crippen LogP contribution in [0.15, 0.2) is 29.3 Å². The normalized spacial score (nSPS) is 9.77. The van der Waals surface area contributed by atoms with E-state index < -0.39 is 0 Å². The maximum atomic E-state index is 4.54. The van der Waals surface area contributed by atoms with Gasteiger partial charge < -0.3 is 0 Å². The van der Waals surface area contributed by atoms with Gasteiger partial charge in [-0.05, 0) is 31.1 Å². The molecule has 0 bridgehead atoms. The number of hydrogen-bond acceptors (Lipinski definition) is 3. The fourth-order valence-corrected chi connectivity index (χ4v) is 2.01. The average molecular weight is 211 g/mol. The van der Waals surface area contributed by atoms with Crippen LogP contribution in [-0.4, -0.2) is 16.9 Å². The van der Waals surface area contributed by atoms with Gasteiger partial charge in [0.2, 0.25) is 0 Å². The van der Waals surface area contributed by atoms with E-state index in [2.05, 4.69) is 18.0 Å². The van der Waals surface area contributed by atoms with Crippen molar-refractivity contribution >= 4 is 33.6 Å². The van der Waals surface area contributed by atoms with E-state index in [1.165, 1.54) is 5.56 Å². The van der Waals surface area contributed by atoms with Gasteiger partial charge in [-0.25, -0.2) is 4.99 Å². The number of aryl methyl sites for hydroxylation is 1. The summed E-state index contributed by atoms with van der Waals surface area (Å²) in [6, 6.07) is 8.18. The lowest BCUT2D eigenvalue weighted by Gasteiger charge is -2.01. The minimum atomic E-state index is 1.07. The molecule has 1 rings (SSSR count). The van der Waals surface area contributed by atoms with Gasteiger partial charge in [0.05, 0.1) is 5.69 Å². The van der Waals surface area contributed by atoms with E-state index in [9.17, 15) is 0 Å². The zero-order valence-corrected chi connectivity index (χ0v) is 9.71. The highest BCUT2D eigenvalue weighted by Crippen LogP contribution is 2.22. The number of nitrogens with zero attached hydrogens (tertiary/aromatic N) is 1. The van der Waals surface area contributed by atoms with Crippen LogP contribution in [-0.2, 0) is 0 Å². The quantitative estimate of drug-likeness (QED) is 0.518. The highest BCUT2D eigenvalue weighted by atomic mass is 32.2. The van der Waals surface area contributed by atoms with E-state index in [1.807, 2.05) is 30.7 Å². The number of rotatable bonds is 1. The molecule has 0 spiro atoms. The fourth-order valence-electron chi connectivity index (χ4n) is 0.962. The van der Waals surface area contributed by atoms with Crippen LogP contribution in [0.5, 0.6) is 0 Å². The molecule has 0 saturated carbocycles. The summed E-state index contributed by atoms with van der Waals surface area (Å²) in [6.45, 7) is 2.08. The van der Waals surface area contributed by atoms with Crippen molar-refractivity contribution in [2.45, 2.75) is 6.92 Å². The Kier molecular flexibility index (Phi) is 4.39. The summed E-state index contributed by atoms with van der Waals surface area (Å²) in [5.41, 5.74) is 2.30. The van der Waals surface area contributed by atoms with Crippen LogP contribution in [0.3, 0.4) is 0 Å². The minimum Gasteiger partial charge on any atom is -0.235 e. The Morgan fingerprint density at radius 2 is 1.77 bits per heavy atom. The van der Waals surface area contributed by atoms with E-state index >= 15 is 0 Å². The largest absolute Gasteiger partial charge is 0.235 e. The third kappa shape index (κ3) is 3.08. The molecule has 0 amide bonds. The first-order valence-electron chi connectivity index (χ1n) is 4.00. The molecule has 13 heavy (non-hydrogen) atoms. The molecular weight excluding hydrogens is 198 g/mol. The van der Waals surface area contributed by atoms with E-state index in [4.69, 9.17) is 0 Å². The van der Waals surface area contributed by atoms with Gasteiger partial charge in [0, 0.05) is 0 Å². The molecule has 0 saturated heterocycles. The molecular formula is C10H13NS2. The lowest BCUT2D eigenvalue weighted by Crippen LogP contribution is -1.82. The van der Waals surface area contributed by atoms with Crippen molar-refractivity contribution in [1.29, 1.82) is 0 Å². The van der Waals surface area contributed by atoms with Crippen LogP contribution in [0.2, 0.25) is 0 Å². The predicted octanol–water partition coefficient (Wildman–Crippen LogP) is 3.71. The smallest absolute Gasteiger partial charge is 0.130 e. The number of thioether (sulfide) groups is 2. The molecule has 3 heteroatoms. The van der Waals surface area contributed by atoms with Crippen molar-refractivity contribution in [3.63, 3.8) is 0 Å². The van der Waals surface area contributed by atoms with Gasteiger partial charge in [-0.15, -0.1) is 23.5 Å². The zero-order valence-electron chi connectivity index (χ0n) is 8.07. The third-order valence-corrected chi connectivity index (χ3v) is 3.56. The number of para-hydroxylation sites is 1. The Balaban J connectivity index is 2.95. The first-order valence-corrected chi connectivity index (χ1v) is 6.45. The maximum absolute atomic E-state index is 4.54. The molecule has 0 aliphatic carbocycles. The van der Waals surface area contributed by atoms with Gasteiger partial charge in [0.25, 0.3) is 0 Å². The SMILES string of the molecule is CSC(=Nc1ccccc1C)SC. The molecule has 1 nitrogen and oxygen atoms in total. The van der Waals surface area contributed by atoms with Gasteiger partial charge in [-0.3, -0.25) is 0 Å². The Morgan fingerprint density at radius 3 is 2.31 bits per heavy atom. The minimum absolute atomic E-state index is 1.07. The van der Waals surface area contributed by atoms with Gasteiger partial charge in [-0.2, -0.15) is 0 Å². The number of hydrogen-bond donors (Lipinski definition) is 0. The average Bonchev–Trinajstić information content (AvgIpc) is 2.17. The molecule has 0 aliphatic rings. The molecule has 0 aromatic heterocycles. The highest BCUT2D eigenvalue weighted by Gasteiger charge is 1.97. The Bertz CT molecular complexity index is 302. The lowest BCUT2D eigenvalue weighted by molar-refractivity contribution is 1.41. The summed E-state index contributed by atoms with van der Waals surface area (Å²) >= 11 is 3.37. The number of aliphatic imine (C=N–C) groups is 1. The van der Waals surface area contributed by atoms with Crippen LogP contribution in [0.25, 0.3) is 0 Å². The Labute approximate surface area is 88.0 Å². The summed E-state index contributed by atoms with van der Waals surface area (Å²) < 4.78 is 1.11. The first-order chi connectivity index (χ1) is 6.27. The van der Waals surface area contributed by atoms with Crippen molar-refractivity contribution in [3.05, 3.63) is 29.8 Å². The van der Waals surface area contributed by atoms with Crippen molar-refractivity contribution < 1.29 is 0 Å². The summed E-state index contributed by atoms with van der Waals surface area (Å²) in [7, 11) is 0. The van der Waals surface area contributed by atoms with Crippen LogP contribution >= 0.6 is 23.5 Å². The second kappa shape index (κ2) is 5.35. The maximum Gasteiger partial charge on any atom is 0.130 e. The zero-order chi connectivity index (χ0) is 9.68. The van der Waals surface area contributed by atoms with Gasteiger partial charge in [0.15, 0.2) is 0 Å². The van der Waals surface area contributed by atoms with Gasteiger partial charge >= 0.3 is 0 Å². The predicted molar refractivity (Wildman–Crippen MR) is 65.3 cm³/mol. The Hall–Kier alpha value is -0.410. The van der Waals surface area contributed by atoms with Gasteiger partial charge in [0.1, 0.15) is 4.38 Å². The summed E-state index contributed by atoms with van der Waals surface area (Å²) in [6.07, 6.45) is 4.10. The van der Waals surface area contributed by atoms with E-state index in [-0.39, 0.29) is 0 Å². The molecule has 0 atom stereocenters. The Morgan fingerprint density at radius 1 is 1.15 bits per heavy atom. The second-order valence-electron chi connectivity index (χ2n) is 2.57. The first kappa shape index (κ1) is 10.7. The van der Waals surface area contributed by atoms with E-state index in [0.717, 1.165) is 10.1 Å². The molecule has 0 heterocycles. The summed E-state index contributed by atoms with van der Waals surface area (Å²) in [4.78, 5) is 4.54. The highest BCUT2D eigenvalue weighted by molar-refractivity contribution is 8.38. The summed E-state index contributed by atoms with van der Waals surface area (Å²) in [5, 5.41) is 0. The lowest BCUT2D eigenvalue weighted by atomic mass is 10.2. The molecule has 0 radical (unpaired) electrons. The third-order valence-electron chi connectivity index (χ3n) is 1.68. The van der Waals surface area contributed by atoms with Crippen molar-refractivity contribution in [2.75, 3.05) is 12.5 Å². The second-order valence-corrected chi connectivity index (χ2v) is 4.42. The monoisotopic (exact) mass is 211 g/mol. The van der Waals surface area contributed by atoms with Crippen LogP contribution in [0, 0.1) is 6.92 Å².